The number of nitrogens with one attached hydrogen (secondary N) is 2. The lowest BCUT2D eigenvalue weighted by Crippen LogP contribution is -2.26. The van der Waals surface area contributed by atoms with E-state index in [9.17, 15) is 22.8 Å². The van der Waals surface area contributed by atoms with E-state index in [2.05, 4.69) is 15.6 Å². The number of pyridine rings is 1. The van der Waals surface area contributed by atoms with Crippen LogP contribution in [0.1, 0.15) is 22.8 Å². The predicted molar refractivity (Wildman–Crippen MR) is 125 cm³/mol. The molecule has 7 nitrogen and oxygen atoms in total. The maximum Gasteiger partial charge on any atom is 0.416 e. The van der Waals surface area contributed by atoms with Crippen molar-refractivity contribution in [1.29, 1.82) is 0 Å². The lowest BCUT2D eigenvalue weighted by Gasteiger charge is -2.13. The van der Waals surface area contributed by atoms with Gasteiger partial charge < -0.3 is 15.7 Å². The van der Waals surface area contributed by atoms with Gasteiger partial charge in [0.1, 0.15) is 0 Å². The van der Waals surface area contributed by atoms with Gasteiger partial charge in [-0.05, 0) is 35.9 Å². The van der Waals surface area contributed by atoms with E-state index < -0.39 is 11.7 Å². The number of hydrogen-bond donors (Lipinski definition) is 3. The molecule has 10 heteroatoms. The molecule has 0 saturated heterocycles. The molecule has 3 N–H and O–H groups in total. The monoisotopic (exact) mass is 482 g/mol. The highest BCUT2D eigenvalue weighted by atomic mass is 19.4. The topological polar surface area (TPSA) is 95.7 Å². The summed E-state index contributed by atoms with van der Waals surface area (Å²) in [6, 6.07) is 13.3. The fourth-order valence-corrected chi connectivity index (χ4v) is 3.71. The molecule has 0 bridgehead atoms. The number of aliphatic hydroxyl groups is 1. The Kier molecular flexibility index (Phi) is 6.57. The van der Waals surface area contributed by atoms with E-state index in [0.29, 0.717) is 39.3 Å². The molecule has 0 spiro atoms. The number of carbonyl (C=O) groups excluding carboxylic acids is 2. The van der Waals surface area contributed by atoms with Crippen molar-refractivity contribution in [1.82, 2.24) is 14.7 Å². The SMILES string of the molecule is CC(=O)Nc1cc(-c2cccc(C(=O)NCCO)c2)cn2c(-c3cccc(C(F)(F)F)c3)cnc12. The summed E-state index contributed by atoms with van der Waals surface area (Å²) in [4.78, 5) is 28.5. The van der Waals surface area contributed by atoms with Crippen molar-refractivity contribution in [3.8, 4) is 22.4 Å². The highest BCUT2D eigenvalue weighted by Crippen LogP contribution is 2.34. The van der Waals surface area contributed by atoms with Crippen LogP contribution in [0.4, 0.5) is 18.9 Å². The highest BCUT2D eigenvalue weighted by molar-refractivity contribution is 5.97. The van der Waals surface area contributed by atoms with Crippen molar-refractivity contribution in [3.05, 3.63) is 78.1 Å². The highest BCUT2D eigenvalue weighted by Gasteiger charge is 2.30. The number of benzene rings is 2. The number of hydrogen-bond acceptors (Lipinski definition) is 4. The number of nitrogens with zero attached hydrogens (tertiary/aromatic N) is 2. The third kappa shape index (κ3) is 5.17. The zero-order valence-corrected chi connectivity index (χ0v) is 18.6. The lowest BCUT2D eigenvalue weighted by atomic mass is 10.0. The Morgan fingerprint density at radius 3 is 2.49 bits per heavy atom. The number of rotatable bonds is 6. The fraction of sp³-hybridized carbons (Fsp3) is 0.160. The molecule has 2 aromatic heterocycles. The second-order valence-corrected chi connectivity index (χ2v) is 7.80. The Morgan fingerprint density at radius 2 is 1.77 bits per heavy atom. The number of aliphatic hydroxyl groups excluding tert-OH is 1. The summed E-state index contributed by atoms with van der Waals surface area (Å²) < 4.78 is 41.4. The average Bonchev–Trinajstić information content (AvgIpc) is 3.26. The second-order valence-electron chi connectivity index (χ2n) is 7.80. The standard InChI is InChI=1S/C25H21F3N4O3/c1-15(34)31-21-12-19(16-4-2-6-18(10-16)24(35)29-8-9-33)14-32-22(13-30-23(21)32)17-5-3-7-20(11-17)25(26,27)28/h2-7,10-14,33H,8-9H2,1H3,(H,29,35)(H,31,34). The Balaban J connectivity index is 1.86. The van der Waals surface area contributed by atoms with Gasteiger partial charge in [0.15, 0.2) is 5.65 Å². The van der Waals surface area contributed by atoms with Crippen molar-refractivity contribution >= 4 is 23.1 Å². The van der Waals surface area contributed by atoms with Crippen LogP contribution in [0.2, 0.25) is 0 Å². The van der Waals surface area contributed by atoms with Gasteiger partial charge in [-0.1, -0.05) is 24.3 Å². The number of carbonyl (C=O) groups is 2. The maximum atomic E-state index is 13.3. The van der Waals surface area contributed by atoms with Gasteiger partial charge in [0.25, 0.3) is 5.91 Å². The Labute approximate surface area is 198 Å². The summed E-state index contributed by atoms with van der Waals surface area (Å²) in [6.45, 7) is 1.25. The molecule has 2 aromatic carbocycles. The molecule has 4 rings (SSSR count). The van der Waals surface area contributed by atoms with Crippen molar-refractivity contribution in [3.63, 3.8) is 0 Å². The molecule has 0 fully saturated rings. The van der Waals surface area contributed by atoms with Crippen LogP contribution in [0, 0.1) is 0 Å². The van der Waals surface area contributed by atoms with Gasteiger partial charge in [-0.15, -0.1) is 0 Å². The van der Waals surface area contributed by atoms with Crippen LogP contribution in [0.5, 0.6) is 0 Å². The minimum absolute atomic E-state index is 0.108. The number of anilines is 1. The maximum absolute atomic E-state index is 13.3. The molecule has 0 aliphatic heterocycles. The molecule has 0 aliphatic rings. The van der Waals surface area contributed by atoms with Gasteiger partial charge in [-0.2, -0.15) is 13.2 Å². The van der Waals surface area contributed by atoms with Gasteiger partial charge in [0.05, 0.1) is 29.7 Å². The first kappa shape index (κ1) is 24.0. The second kappa shape index (κ2) is 9.59. The zero-order chi connectivity index (χ0) is 25.2. The molecule has 180 valence electrons. The van der Waals surface area contributed by atoms with Gasteiger partial charge in [-0.3, -0.25) is 14.0 Å². The Hall–Kier alpha value is -4.18. The van der Waals surface area contributed by atoms with Gasteiger partial charge in [0, 0.05) is 36.4 Å². The third-order valence-corrected chi connectivity index (χ3v) is 5.26. The molecule has 0 saturated carbocycles. The normalized spacial score (nSPS) is 11.5. The van der Waals surface area contributed by atoms with Crippen molar-refractivity contribution < 1.29 is 27.9 Å². The summed E-state index contributed by atoms with van der Waals surface area (Å²) in [6.07, 6.45) is -1.37. The predicted octanol–water partition coefficient (Wildman–Crippen LogP) is 4.37. The first-order chi connectivity index (χ1) is 16.7. The molecule has 35 heavy (non-hydrogen) atoms. The summed E-state index contributed by atoms with van der Waals surface area (Å²) in [5.41, 5.74) is 2.23. The summed E-state index contributed by atoms with van der Waals surface area (Å²) in [7, 11) is 0. The van der Waals surface area contributed by atoms with Crippen LogP contribution < -0.4 is 10.6 Å². The Morgan fingerprint density at radius 1 is 1.03 bits per heavy atom. The first-order valence-corrected chi connectivity index (χ1v) is 10.6. The molecule has 0 radical (unpaired) electrons. The summed E-state index contributed by atoms with van der Waals surface area (Å²) in [5.74, 6) is -0.707. The van der Waals surface area contributed by atoms with E-state index in [1.165, 1.54) is 19.2 Å². The van der Waals surface area contributed by atoms with Gasteiger partial charge in [-0.25, -0.2) is 4.98 Å². The molecule has 0 unspecified atom stereocenters. The first-order valence-electron chi connectivity index (χ1n) is 10.6. The van der Waals surface area contributed by atoms with E-state index in [0.717, 1.165) is 12.1 Å². The quantitative estimate of drug-likeness (QED) is 0.380. The third-order valence-electron chi connectivity index (χ3n) is 5.26. The molecule has 4 aromatic rings. The van der Waals surface area contributed by atoms with Gasteiger partial charge >= 0.3 is 6.18 Å². The van der Waals surface area contributed by atoms with Gasteiger partial charge in [0.2, 0.25) is 5.91 Å². The number of fused-ring (bicyclic) bond motifs is 1. The molecule has 2 amide bonds. The van der Waals surface area contributed by atoms with Crippen molar-refractivity contribution in [2.24, 2.45) is 0 Å². The average molecular weight is 482 g/mol. The van der Waals surface area contributed by atoms with Crippen molar-refractivity contribution in [2.75, 3.05) is 18.5 Å². The number of aromatic nitrogens is 2. The summed E-state index contributed by atoms with van der Waals surface area (Å²) >= 11 is 0. The van der Waals surface area contributed by atoms with Crippen LogP contribution in [-0.2, 0) is 11.0 Å². The largest absolute Gasteiger partial charge is 0.416 e. The Bertz CT molecular complexity index is 1410. The van der Waals surface area contributed by atoms with E-state index in [1.807, 2.05) is 0 Å². The van der Waals surface area contributed by atoms with E-state index >= 15 is 0 Å². The zero-order valence-electron chi connectivity index (χ0n) is 18.6. The van der Waals surface area contributed by atoms with Crippen LogP contribution in [0.15, 0.2) is 67.0 Å². The minimum atomic E-state index is -4.50. The van der Waals surface area contributed by atoms with E-state index in [4.69, 9.17) is 5.11 Å². The molecule has 2 heterocycles. The van der Waals surface area contributed by atoms with Crippen molar-refractivity contribution in [2.45, 2.75) is 13.1 Å². The molecule has 0 aliphatic carbocycles. The van der Waals surface area contributed by atoms with Crippen LogP contribution in [0.3, 0.4) is 0 Å². The number of amides is 2. The van der Waals surface area contributed by atoms with E-state index in [-0.39, 0.29) is 25.0 Å². The molecule has 0 atom stereocenters. The van der Waals surface area contributed by atoms with Crippen LogP contribution in [0.25, 0.3) is 28.0 Å². The lowest BCUT2D eigenvalue weighted by molar-refractivity contribution is -0.137. The van der Waals surface area contributed by atoms with Crippen LogP contribution >= 0.6 is 0 Å². The fourth-order valence-electron chi connectivity index (χ4n) is 3.71. The smallest absolute Gasteiger partial charge is 0.395 e. The molecular weight excluding hydrogens is 461 g/mol. The van der Waals surface area contributed by atoms with Crippen LogP contribution in [-0.4, -0.2) is 39.5 Å². The number of imidazole rings is 1. The molecular formula is C25H21F3N4O3. The number of alkyl halides is 3. The summed E-state index contributed by atoms with van der Waals surface area (Å²) in [5, 5.41) is 14.2. The van der Waals surface area contributed by atoms with E-state index in [1.54, 1.807) is 47.0 Å². The minimum Gasteiger partial charge on any atom is -0.395 e. The number of halogens is 3.